The number of ether oxygens (including phenoxy) is 1. The number of aliphatic hydroxyl groups excluding tert-OH is 1. The standard InChI is InChI=1S/C17H22N2O3S/c1-12(17-4-3-9-23-17)18-10-15(21)11-22-16-7-5-14(6-8-16)19-13(2)20/h3-9,12,15,18,21H,10-11H2,1-2H3,(H,19,20). The van der Waals surface area contributed by atoms with E-state index in [2.05, 4.69) is 23.6 Å². The average molecular weight is 334 g/mol. The fraction of sp³-hybridized carbons (Fsp3) is 0.353. The lowest BCUT2D eigenvalue weighted by molar-refractivity contribution is -0.114. The number of benzene rings is 1. The Kier molecular flexibility index (Phi) is 6.58. The van der Waals surface area contributed by atoms with Crippen LogP contribution in [0, 0.1) is 0 Å². The van der Waals surface area contributed by atoms with Gasteiger partial charge in [0.25, 0.3) is 0 Å². The van der Waals surface area contributed by atoms with Crippen LogP contribution in [0.15, 0.2) is 41.8 Å². The maximum atomic E-state index is 10.9. The summed E-state index contributed by atoms with van der Waals surface area (Å²) in [4.78, 5) is 12.2. The molecule has 1 heterocycles. The van der Waals surface area contributed by atoms with E-state index in [1.165, 1.54) is 11.8 Å². The maximum absolute atomic E-state index is 10.9. The number of hydrogen-bond acceptors (Lipinski definition) is 5. The minimum absolute atomic E-state index is 0.111. The molecule has 0 saturated carbocycles. The Balaban J connectivity index is 1.71. The van der Waals surface area contributed by atoms with Crippen molar-refractivity contribution >= 4 is 22.9 Å². The van der Waals surface area contributed by atoms with Crippen molar-refractivity contribution in [2.45, 2.75) is 26.0 Å². The van der Waals surface area contributed by atoms with Gasteiger partial charge < -0.3 is 20.5 Å². The van der Waals surface area contributed by atoms with Gasteiger partial charge >= 0.3 is 0 Å². The van der Waals surface area contributed by atoms with Crippen molar-refractivity contribution in [2.75, 3.05) is 18.5 Å². The van der Waals surface area contributed by atoms with E-state index in [0.717, 1.165) is 5.69 Å². The fourth-order valence-electron chi connectivity index (χ4n) is 2.04. The van der Waals surface area contributed by atoms with E-state index in [0.29, 0.717) is 12.3 Å². The van der Waals surface area contributed by atoms with Crippen LogP contribution in [0.25, 0.3) is 0 Å². The van der Waals surface area contributed by atoms with Crippen molar-refractivity contribution in [3.63, 3.8) is 0 Å². The molecule has 124 valence electrons. The third kappa shape index (κ3) is 6.02. The largest absolute Gasteiger partial charge is 0.491 e. The SMILES string of the molecule is CC(=O)Nc1ccc(OCC(O)CNC(C)c2cccs2)cc1. The van der Waals surface area contributed by atoms with Crippen LogP contribution in [0.2, 0.25) is 0 Å². The smallest absolute Gasteiger partial charge is 0.221 e. The number of carbonyl (C=O) groups excluding carboxylic acids is 1. The number of hydrogen-bond donors (Lipinski definition) is 3. The highest BCUT2D eigenvalue weighted by atomic mass is 32.1. The van der Waals surface area contributed by atoms with E-state index >= 15 is 0 Å². The fourth-order valence-corrected chi connectivity index (χ4v) is 2.80. The second-order valence-electron chi connectivity index (χ2n) is 5.32. The number of anilines is 1. The first kappa shape index (κ1) is 17.5. The van der Waals surface area contributed by atoms with Gasteiger partial charge in [0.2, 0.25) is 5.91 Å². The van der Waals surface area contributed by atoms with Gasteiger partial charge in [-0.25, -0.2) is 0 Å². The van der Waals surface area contributed by atoms with E-state index in [4.69, 9.17) is 4.74 Å². The molecule has 0 bridgehead atoms. The molecule has 0 spiro atoms. The predicted octanol–water partition coefficient (Wildman–Crippen LogP) is 2.80. The van der Waals surface area contributed by atoms with Gasteiger partial charge in [-0.15, -0.1) is 11.3 Å². The van der Waals surface area contributed by atoms with Gasteiger partial charge in [-0.3, -0.25) is 4.79 Å². The number of rotatable bonds is 8. The number of aliphatic hydroxyl groups is 1. The zero-order valence-corrected chi connectivity index (χ0v) is 14.1. The summed E-state index contributed by atoms with van der Waals surface area (Å²) in [7, 11) is 0. The molecule has 0 aliphatic rings. The van der Waals surface area contributed by atoms with E-state index in [1.807, 2.05) is 11.4 Å². The lowest BCUT2D eigenvalue weighted by Crippen LogP contribution is -2.32. The summed E-state index contributed by atoms with van der Waals surface area (Å²) in [5, 5.41) is 18.0. The Morgan fingerprint density at radius 3 is 2.65 bits per heavy atom. The minimum atomic E-state index is -0.590. The Hall–Kier alpha value is -1.89. The highest BCUT2D eigenvalue weighted by Gasteiger charge is 2.10. The second kappa shape index (κ2) is 8.67. The van der Waals surface area contributed by atoms with E-state index in [-0.39, 0.29) is 18.6 Å². The monoisotopic (exact) mass is 334 g/mol. The van der Waals surface area contributed by atoms with Gasteiger partial charge in [0.05, 0.1) is 0 Å². The molecule has 2 rings (SSSR count). The molecule has 3 N–H and O–H groups in total. The number of thiophene rings is 1. The van der Waals surface area contributed by atoms with Crippen molar-refractivity contribution in [2.24, 2.45) is 0 Å². The van der Waals surface area contributed by atoms with Crippen LogP contribution in [0.1, 0.15) is 24.8 Å². The van der Waals surface area contributed by atoms with Crippen molar-refractivity contribution in [3.8, 4) is 5.75 Å². The van der Waals surface area contributed by atoms with Gasteiger partial charge in [-0.2, -0.15) is 0 Å². The summed E-state index contributed by atoms with van der Waals surface area (Å²) in [6, 6.07) is 11.4. The Morgan fingerprint density at radius 1 is 1.30 bits per heavy atom. The van der Waals surface area contributed by atoms with Crippen molar-refractivity contribution in [1.82, 2.24) is 5.32 Å². The number of amides is 1. The van der Waals surface area contributed by atoms with Crippen LogP contribution >= 0.6 is 11.3 Å². The van der Waals surface area contributed by atoms with Crippen LogP contribution < -0.4 is 15.4 Å². The summed E-state index contributed by atoms with van der Waals surface area (Å²) < 4.78 is 5.55. The third-order valence-corrected chi connectivity index (χ3v) is 4.30. The average Bonchev–Trinajstić information content (AvgIpc) is 3.06. The third-order valence-electron chi connectivity index (χ3n) is 3.25. The molecule has 5 nitrogen and oxygen atoms in total. The number of carbonyl (C=O) groups is 1. The van der Waals surface area contributed by atoms with Crippen molar-refractivity contribution in [3.05, 3.63) is 46.7 Å². The molecule has 2 aromatic rings. The Labute approximate surface area is 140 Å². The summed E-state index contributed by atoms with van der Waals surface area (Å²) in [5.41, 5.74) is 0.719. The van der Waals surface area contributed by atoms with E-state index < -0.39 is 6.10 Å². The predicted molar refractivity (Wildman–Crippen MR) is 93.0 cm³/mol. The van der Waals surface area contributed by atoms with Crippen LogP contribution in [0.5, 0.6) is 5.75 Å². The van der Waals surface area contributed by atoms with E-state index in [9.17, 15) is 9.90 Å². The normalized spacial score (nSPS) is 13.3. The maximum Gasteiger partial charge on any atom is 0.221 e. The Bertz CT molecular complexity index is 599. The van der Waals surface area contributed by atoms with Crippen molar-refractivity contribution < 1.29 is 14.6 Å². The lowest BCUT2D eigenvalue weighted by Gasteiger charge is -2.17. The quantitative estimate of drug-likeness (QED) is 0.694. The second-order valence-corrected chi connectivity index (χ2v) is 6.30. The molecule has 1 aromatic heterocycles. The molecule has 2 unspecified atom stereocenters. The van der Waals surface area contributed by atoms with E-state index in [1.54, 1.807) is 35.6 Å². The first-order chi connectivity index (χ1) is 11.0. The topological polar surface area (TPSA) is 70.6 Å². The van der Waals surface area contributed by atoms with Crippen LogP contribution in [-0.4, -0.2) is 30.3 Å². The molecular weight excluding hydrogens is 312 g/mol. The summed E-state index contributed by atoms with van der Waals surface area (Å²) in [6.45, 7) is 4.21. The van der Waals surface area contributed by atoms with Gasteiger partial charge in [-0.05, 0) is 42.6 Å². The summed E-state index contributed by atoms with van der Waals surface area (Å²) in [5.74, 6) is 0.546. The summed E-state index contributed by atoms with van der Waals surface area (Å²) >= 11 is 1.69. The lowest BCUT2D eigenvalue weighted by atomic mass is 10.2. The summed E-state index contributed by atoms with van der Waals surface area (Å²) in [6.07, 6.45) is -0.590. The molecule has 0 aliphatic carbocycles. The van der Waals surface area contributed by atoms with Gasteiger partial charge in [0.15, 0.2) is 0 Å². The molecule has 0 saturated heterocycles. The molecule has 23 heavy (non-hydrogen) atoms. The minimum Gasteiger partial charge on any atom is -0.491 e. The van der Waals surface area contributed by atoms with Gasteiger partial charge in [0, 0.05) is 30.1 Å². The van der Waals surface area contributed by atoms with Crippen molar-refractivity contribution in [1.29, 1.82) is 0 Å². The first-order valence-electron chi connectivity index (χ1n) is 7.50. The molecular formula is C17H22N2O3S. The first-order valence-corrected chi connectivity index (χ1v) is 8.38. The highest BCUT2D eigenvalue weighted by Crippen LogP contribution is 2.18. The number of nitrogens with one attached hydrogen (secondary N) is 2. The van der Waals surface area contributed by atoms with Gasteiger partial charge in [0.1, 0.15) is 18.5 Å². The molecule has 1 aromatic carbocycles. The van der Waals surface area contributed by atoms with Crippen LogP contribution in [0.4, 0.5) is 5.69 Å². The molecule has 2 atom stereocenters. The molecule has 6 heteroatoms. The molecule has 0 fully saturated rings. The zero-order chi connectivity index (χ0) is 16.7. The van der Waals surface area contributed by atoms with Gasteiger partial charge in [-0.1, -0.05) is 6.07 Å². The highest BCUT2D eigenvalue weighted by molar-refractivity contribution is 7.10. The Morgan fingerprint density at radius 2 is 2.04 bits per heavy atom. The zero-order valence-electron chi connectivity index (χ0n) is 13.3. The van der Waals surface area contributed by atoms with Crippen LogP contribution in [0.3, 0.4) is 0 Å². The molecule has 1 amide bonds. The molecule has 0 radical (unpaired) electrons. The molecule has 0 aliphatic heterocycles. The van der Waals surface area contributed by atoms with Crippen LogP contribution in [-0.2, 0) is 4.79 Å².